The molecular weight excluding hydrogens is 292 g/mol. The Labute approximate surface area is 132 Å². The van der Waals surface area contributed by atoms with E-state index in [4.69, 9.17) is 0 Å². The van der Waals surface area contributed by atoms with Crippen molar-refractivity contribution in [3.8, 4) is 0 Å². The highest BCUT2D eigenvalue weighted by Gasteiger charge is 2.09. The lowest BCUT2D eigenvalue weighted by Crippen LogP contribution is -2.14. The van der Waals surface area contributed by atoms with Gasteiger partial charge < -0.3 is 10.6 Å². The SMILES string of the molecule is CC(=O)Nc1ccc(NC(=O)c2cnc3ccccc3n2)cc1. The zero-order valence-electron chi connectivity index (χ0n) is 12.4. The predicted octanol–water partition coefficient (Wildman–Crippen LogP) is 2.84. The third kappa shape index (κ3) is 3.49. The average molecular weight is 306 g/mol. The van der Waals surface area contributed by atoms with E-state index in [1.807, 2.05) is 18.2 Å². The van der Waals surface area contributed by atoms with Crippen LogP contribution in [0.5, 0.6) is 0 Å². The number of rotatable bonds is 3. The fourth-order valence-corrected chi connectivity index (χ4v) is 2.10. The molecule has 6 heteroatoms. The Morgan fingerprint density at radius 2 is 1.48 bits per heavy atom. The van der Waals surface area contributed by atoms with Crippen molar-refractivity contribution in [2.45, 2.75) is 6.92 Å². The molecule has 0 aliphatic heterocycles. The molecule has 0 unspecified atom stereocenters. The number of para-hydroxylation sites is 2. The molecular formula is C17H14N4O2. The summed E-state index contributed by atoms with van der Waals surface area (Å²) >= 11 is 0. The number of benzene rings is 2. The van der Waals surface area contributed by atoms with E-state index >= 15 is 0 Å². The molecule has 0 bridgehead atoms. The fourth-order valence-electron chi connectivity index (χ4n) is 2.10. The number of hydrogen-bond donors (Lipinski definition) is 2. The van der Waals surface area contributed by atoms with Crippen molar-refractivity contribution in [3.05, 3.63) is 60.4 Å². The third-order valence-corrected chi connectivity index (χ3v) is 3.14. The van der Waals surface area contributed by atoms with Crippen LogP contribution in [0.25, 0.3) is 11.0 Å². The zero-order chi connectivity index (χ0) is 16.2. The molecule has 0 aliphatic rings. The number of carbonyl (C=O) groups excluding carboxylic acids is 2. The molecule has 0 fully saturated rings. The molecule has 3 rings (SSSR count). The summed E-state index contributed by atoms with van der Waals surface area (Å²) in [5, 5.41) is 5.41. The van der Waals surface area contributed by atoms with Gasteiger partial charge in [0.2, 0.25) is 5.91 Å². The summed E-state index contributed by atoms with van der Waals surface area (Å²) in [6.07, 6.45) is 1.45. The van der Waals surface area contributed by atoms with E-state index in [1.165, 1.54) is 13.1 Å². The molecule has 23 heavy (non-hydrogen) atoms. The molecule has 0 saturated carbocycles. The normalized spacial score (nSPS) is 10.3. The minimum atomic E-state index is -0.337. The van der Waals surface area contributed by atoms with Crippen LogP contribution in [0.1, 0.15) is 17.4 Å². The average Bonchev–Trinajstić information content (AvgIpc) is 2.55. The summed E-state index contributed by atoms with van der Waals surface area (Å²) in [4.78, 5) is 31.7. The molecule has 0 saturated heterocycles. The van der Waals surface area contributed by atoms with Gasteiger partial charge in [-0.1, -0.05) is 12.1 Å². The highest BCUT2D eigenvalue weighted by Crippen LogP contribution is 2.15. The number of nitrogens with zero attached hydrogens (tertiary/aromatic N) is 2. The molecule has 2 aromatic carbocycles. The van der Waals surface area contributed by atoms with Gasteiger partial charge in [-0.2, -0.15) is 0 Å². The molecule has 1 heterocycles. The number of fused-ring (bicyclic) bond motifs is 1. The van der Waals surface area contributed by atoms with E-state index in [2.05, 4.69) is 20.6 Å². The summed E-state index contributed by atoms with van der Waals surface area (Å²) in [5.41, 5.74) is 2.93. The van der Waals surface area contributed by atoms with Crippen molar-refractivity contribution in [2.75, 3.05) is 10.6 Å². The van der Waals surface area contributed by atoms with E-state index in [1.54, 1.807) is 30.3 Å². The minimum Gasteiger partial charge on any atom is -0.326 e. The van der Waals surface area contributed by atoms with Gasteiger partial charge in [0.1, 0.15) is 5.69 Å². The van der Waals surface area contributed by atoms with Crippen LogP contribution >= 0.6 is 0 Å². The summed E-state index contributed by atoms with van der Waals surface area (Å²) < 4.78 is 0. The number of anilines is 2. The van der Waals surface area contributed by atoms with Gasteiger partial charge in [-0.3, -0.25) is 14.6 Å². The van der Waals surface area contributed by atoms with Gasteiger partial charge in [-0.25, -0.2) is 4.98 Å². The largest absolute Gasteiger partial charge is 0.326 e. The van der Waals surface area contributed by atoms with Gasteiger partial charge >= 0.3 is 0 Å². The molecule has 6 nitrogen and oxygen atoms in total. The second-order valence-corrected chi connectivity index (χ2v) is 4.96. The number of nitrogens with one attached hydrogen (secondary N) is 2. The van der Waals surface area contributed by atoms with Gasteiger partial charge in [0.15, 0.2) is 0 Å². The third-order valence-electron chi connectivity index (χ3n) is 3.14. The number of amides is 2. The Kier molecular flexibility index (Phi) is 3.97. The summed E-state index contributed by atoms with van der Waals surface area (Å²) in [6, 6.07) is 14.2. The second-order valence-electron chi connectivity index (χ2n) is 4.96. The smallest absolute Gasteiger partial charge is 0.275 e. The van der Waals surface area contributed by atoms with Gasteiger partial charge in [0.05, 0.1) is 17.2 Å². The molecule has 2 amide bonds. The van der Waals surface area contributed by atoms with Gasteiger partial charge in [-0.15, -0.1) is 0 Å². The van der Waals surface area contributed by atoms with Crippen LogP contribution < -0.4 is 10.6 Å². The van der Waals surface area contributed by atoms with Crippen molar-refractivity contribution >= 4 is 34.2 Å². The summed E-state index contributed by atoms with van der Waals surface area (Å²) in [6.45, 7) is 1.44. The maximum Gasteiger partial charge on any atom is 0.275 e. The Bertz CT molecular complexity index is 875. The summed E-state index contributed by atoms with van der Waals surface area (Å²) in [5.74, 6) is -0.483. The van der Waals surface area contributed by atoms with Gasteiger partial charge in [-0.05, 0) is 36.4 Å². The van der Waals surface area contributed by atoms with Crippen molar-refractivity contribution in [3.63, 3.8) is 0 Å². The highest BCUT2D eigenvalue weighted by atomic mass is 16.2. The fraction of sp³-hybridized carbons (Fsp3) is 0.0588. The number of aromatic nitrogens is 2. The van der Waals surface area contributed by atoms with Crippen LogP contribution in [0, 0.1) is 0 Å². The predicted molar refractivity (Wildman–Crippen MR) is 88.2 cm³/mol. The van der Waals surface area contributed by atoms with E-state index in [0.717, 1.165) is 5.52 Å². The quantitative estimate of drug-likeness (QED) is 0.779. The molecule has 3 aromatic rings. The molecule has 0 radical (unpaired) electrons. The lowest BCUT2D eigenvalue weighted by Gasteiger charge is -2.07. The van der Waals surface area contributed by atoms with Crippen LogP contribution in [0.15, 0.2) is 54.7 Å². The van der Waals surface area contributed by atoms with Crippen LogP contribution in [0.4, 0.5) is 11.4 Å². The van der Waals surface area contributed by atoms with Crippen molar-refractivity contribution in [1.29, 1.82) is 0 Å². The Hall–Kier alpha value is -3.28. The summed E-state index contributed by atoms with van der Waals surface area (Å²) in [7, 11) is 0. The first-order valence-corrected chi connectivity index (χ1v) is 7.02. The number of carbonyl (C=O) groups is 2. The Balaban J connectivity index is 1.76. The van der Waals surface area contributed by atoms with Crippen LogP contribution in [0.2, 0.25) is 0 Å². The molecule has 0 atom stereocenters. The first-order valence-electron chi connectivity index (χ1n) is 7.02. The van der Waals surface area contributed by atoms with Crippen molar-refractivity contribution < 1.29 is 9.59 Å². The second kappa shape index (κ2) is 6.23. The highest BCUT2D eigenvalue weighted by molar-refractivity contribution is 6.03. The first kappa shape index (κ1) is 14.6. The standard InChI is InChI=1S/C17H14N4O2/c1-11(22)19-12-6-8-13(9-7-12)20-17(23)16-10-18-14-4-2-3-5-15(14)21-16/h2-10H,1H3,(H,19,22)(H,20,23). The monoisotopic (exact) mass is 306 g/mol. The van der Waals surface area contributed by atoms with Crippen LogP contribution in [-0.2, 0) is 4.79 Å². The van der Waals surface area contributed by atoms with Crippen LogP contribution in [-0.4, -0.2) is 21.8 Å². The molecule has 2 N–H and O–H groups in total. The lowest BCUT2D eigenvalue weighted by molar-refractivity contribution is -0.114. The number of hydrogen-bond acceptors (Lipinski definition) is 4. The van der Waals surface area contributed by atoms with E-state index in [0.29, 0.717) is 16.9 Å². The first-order chi connectivity index (χ1) is 11.1. The van der Waals surface area contributed by atoms with Gasteiger partial charge in [0, 0.05) is 18.3 Å². The van der Waals surface area contributed by atoms with Gasteiger partial charge in [0.25, 0.3) is 5.91 Å². The van der Waals surface area contributed by atoms with E-state index in [9.17, 15) is 9.59 Å². The minimum absolute atomic E-state index is 0.145. The molecule has 114 valence electrons. The Morgan fingerprint density at radius 3 is 2.13 bits per heavy atom. The maximum absolute atomic E-state index is 12.2. The lowest BCUT2D eigenvalue weighted by atomic mass is 10.2. The van der Waals surface area contributed by atoms with Crippen molar-refractivity contribution in [1.82, 2.24) is 9.97 Å². The molecule has 1 aromatic heterocycles. The zero-order valence-corrected chi connectivity index (χ0v) is 12.4. The Morgan fingerprint density at radius 1 is 0.870 bits per heavy atom. The van der Waals surface area contributed by atoms with Crippen molar-refractivity contribution in [2.24, 2.45) is 0 Å². The maximum atomic E-state index is 12.2. The molecule has 0 aliphatic carbocycles. The van der Waals surface area contributed by atoms with Crippen LogP contribution in [0.3, 0.4) is 0 Å². The molecule has 0 spiro atoms. The van der Waals surface area contributed by atoms with E-state index in [-0.39, 0.29) is 17.5 Å². The topological polar surface area (TPSA) is 84.0 Å². The van der Waals surface area contributed by atoms with E-state index < -0.39 is 0 Å².